The zero-order valence-corrected chi connectivity index (χ0v) is 11.4. The molecule has 1 aromatic heterocycles. The zero-order valence-electron chi connectivity index (χ0n) is 11.4. The number of carbonyl (C=O) groups excluding carboxylic acids is 2. The van der Waals surface area contributed by atoms with Crippen LogP contribution >= 0.6 is 0 Å². The Hall–Kier alpha value is -2.18. The first-order chi connectivity index (χ1) is 9.70. The fraction of sp³-hybridized carbons (Fsp3) is 0.538. The number of hydrogen-bond donors (Lipinski definition) is 0. The van der Waals surface area contributed by atoms with Crippen molar-refractivity contribution in [3.05, 3.63) is 24.5 Å². The van der Waals surface area contributed by atoms with Crippen LogP contribution in [0.2, 0.25) is 0 Å². The Kier molecular flexibility index (Phi) is 4.86. The van der Waals surface area contributed by atoms with E-state index in [1.54, 1.807) is 11.1 Å². The quantitative estimate of drug-likeness (QED) is 0.596. The van der Waals surface area contributed by atoms with Crippen molar-refractivity contribution in [2.24, 2.45) is 0 Å². The average molecular weight is 278 g/mol. The van der Waals surface area contributed by atoms with Gasteiger partial charge in [0, 0.05) is 31.4 Å². The maximum Gasteiger partial charge on any atom is 0.330 e. The Bertz CT molecular complexity index is 484. The van der Waals surface area contributed by atoms with Crippen LogP contribution in [0, 0.1) is 0 Å². The molecule has 7 nitrogen and oxygen atoms in total. The fourth-order valence-corrected chi connectivity index (χ4v) is 2.29. The van der Waals surface area contributed by atoms with Crippen LogP contribution in [-0.2, 0) is 14.3 Å². The molecule has 0 aromatic carbocycles. The van der Waals surface area contributed by atoms with Gasteiger partial charge in [-0.1, -0.05) is 5.21 Å². The minimum absolute atomic E-state index is 0.158. The van der Waals surface area contributed by atoms with Crippen molar-refractivity contribution >= 4 is 11.9 Å². The Morgan fingerprint density at radius 3 is 2.85 bits per heavy atom. The van der Waals surface area contributed by atoms with Crippen LogP contribution in [0.4, 0.5) is 0 Å². The summed E-state index contributed by atoms with van der Waals surface area (Å²) in [6.45, 7) is 1.34. The highest BCUT2D eigenvalue weighted by Crippen LogP contribution is 2.21. The predicted octanol–water partition coefficient (Wildman–Crippen LogP) is 0.561. The van der Waals surface area contributed by atoms with Crippen molar-refractivity contribution in [3.8, 4) is 0 Å². The number of methoxy groups -OCH3 is 1. The summed E-state index contributed by atoms with van der Waals surface area (Å²) in [7, 11) is 1.28. The van der Waals surface area contributed by atoms with Crippen LogP contribution in [0.25, 0.3) is 0 Å². The number of likely N-dealkylation sites (tertiary alicyclic amines) is 1. The van der Waals surface area contributed by atoms with Gasteiger partial charge in [0.25, 0.3) is 0 Å². The Morgan fingerprint density at radius 1 is 1.30 bits per heavy atom. The molecule has 0 aliphatic carbocycles. The van der Waals surface area contributed by atoms with Crippen molar-refractivity contribution < 1.29 is 14.3 Å². The van der Waals surface area contributed by atoms with Crippen LogP contribution in [0.1, 0.15) is 25.3 Å². The van der Waals surface area contributed by atoms with Crippen molar-refractivity contribution in [2.75, 3.05) is 20.2 Å². The summed E-state index contributed by atoms with van der Waals surface area (Å²) in [6.07, 6.45) is 8.63. The lowest BCUT2D eigenvalue weighted by Crippen LogP contribution is -2.30. The molecule has 108 valence electrons. The van der Waals surface area contributed by atoms with E-state index < -0.39 is 5.97 Å². The lowest BCUT2D eigenvalue weighted by Gasteiger charge is -2.18. The number of rotatable bonds is 3. The van der Waals surface area contributed by atoms with E-state index in [-0.39, 0.29) is 11.9 Å². The summed E-state index contributed by atoms with van der Waals surface area (Å²) in [5, 5.41) is 7.82. The van der Waals surface area contributed by atoms with Crippen LogP contribution in [0.15, 0.2) is 24.5 Å². The third-order valence-corrected chi connectivity index (χ3v) is 3.39. The molecule has 2 rings (SSSR count). The molecule has 0 radical (unpaired) electrons. The van der Waals surface area contributed by atoms with Crippen LogP contribution in [-0.4, -0.2) is 52.0 Å². The van der Waals surface area contributed by atoms with Crippen LogP contribution < -0.4 is 0 Å². The summed E-state index contributed by atoms with van der Waals surface area (Å²) in [5.41, 5.74) is 0. The molecule has 0 bridgehead atoms. The molecule has 1 aliphatic rings. The van der Waals surface area contributed by atoms with Crippen LogP contribution in [0.5, 0.6) is 0 Å². The van der Waals surface area contributed by atoms with Gasteiger partial charge in [-0.15, -0.1) is 5.10 Å². The second-order valence-corrected chi connectivity index (χ2v) is 4.65. The highest BCUT2D eigenvalue weighted by molar-refractivity contribution is 5.94. The van der Waals surface area contributed by atoms with E-state index in [9.17, 15) is 9.59 Å². The molecule has 1 saturated heterocycles. The number of nitrogens with zero attached hydrogens (tertiary/aromatic N) is 4. The van der Waals surface area contributed by atoms with E-state index in [0.29, 0.717) is 13.1 Å². The van der Waals surface area contributed by atoms with Gasteiger partial charge in [-0.05, 0) is 19.3 Å². The summed E-state index contributed by atoms with van der Waals surface area (Å²) in [6, 6.07) is 0.278. The molecule has 1 aromatic rings. The molecular weight excluding hydrogens is 260 g/mol. The molecule has 0 N–H and O–H groups in total. The first kappa shape index (κ1) is 14.2. The Morgan fingerprint density at radius 2 is 2.15 bits per heavy atom. The fourth-order valence-electron chi connectivity index (χ4n) is 2.29. The lowest BCUT2D eigenvalue weighted by atomic mass is 10.1. The molecule has 2 heterocycles. The molecule has 0 spiro atoms. The van der Waals surface area contributed by atoms with E-state index in [4.69, 9.17) is 0 Å². The van der Waals surface area contributed by atoms with Crippen LogP contribution in [0.3, 0.4) is 0 Å². The predicted molar refractivity (Wildman–Crippen MR) is 70.6 cm³/mol. The van der Waals surface area contributed by atoms with Gasteiger partial charge in [0.05, 0.1) is 19.3 Å². The topological polar surface area (TPSA) is 77.3 Å². The van der Waals surface area contributed by atoms with E-state index in [1.807, 2.05) is 10.9 Å². The number of hydrogen-bond acceptors (Lipinski definition) is 5. The molecule has 7 heteroatoms. The Balaban J connectivity index is 1.91. The minimum atomic E-state index is -0.520. The van der Waals surface area contributed by atoms with E-state index in [2.05, 4.69) is 15.0 Å². The first-order valence-corrected chi connectivity index (χ1v) is 6.61. The number of esters is 1. The van der Waals surface area contributed by atoms with Gasteiger partial charge >= 0.3 is 5.97 Å². The second kappa shape index (κ2) is 6.83. The maximum atomic E-state index is 12.0. The summed E-state index contributed by atoms with van der Waals surface area (Å²) in [5.74, 6) is -0.677. The van der Waals surface area contributed by atoms with E-state index >= 15 is 0 Å². The monoisotopic (exact) mass is 278 g/mol. The van der Waals surface area contributed by atoms with Crippen molar-refractivity contribution in [1.82, 2.24) is 19.9 Å². The molecule has 0 saturated carbocycles. The van der Waals surface area contributed by atoms with Gasteiger partial charge in [0.1, 0.15) is 0 Å². The number of ether oxygens (including phenoxy) is 1. The normalized spacial score (nSPS) is 19.9. The van der Waals surface area contributed by atoms with Crippen molar-refractivity contribution in [3.63, 3.8) is 0 Å². The van der Waals surface area contributed by atoms with Crippen molar-refractivity contribution in [1.29, 1.82) is 0 Å². The molecule has 1 aliphatic heterocycles. The largest absolute Gasteiger partial charge is 0.466 e. The SMILES string of the molecule is COC(=O)/C=C/C(=O)N1CCCC(n2ccnn2)CC1. The molecule has 1 fully saturated rings. The van der Waals surface area contributed by atoms with Gasteiger partial charge in [-0.2, -0.15) is 0 Å². The highest BCUT2D eigenvalue weighted by atomic mass is 16.5. The summed E-state index contributed by atoms with van der Waals surface area (Å²) in [4.78, 5) is 24.7. The van der Waals surface area contributed by atoms with Gasteiger partial charge in [0.15, 0.2) is 0 Å². The highest BCUT2D eigenvalue weighted by Gasteiger charge is 2.20. The smallest absolute Gasteiger partial charge is 0.330 e. The standard InChI is InChI=1S/C13H18N4O3/c1-20-13(19)5-4-12(18)16-8-2-3-11(6-9-16)17-10-7-14-15-17/h4-5,7,10-11H,2-3,6,8-9H2,1H3/b5-4+. The van der Waals surface area contributed by atoms with E-state index in [0.717, 1.165) is 25.3 Å². The lowest BCUT2D eigenvalue weighted by molar-refractivity contribution is -0.135. The molecular formula is C13H18N4O3. The molecule has 20 heavy (non-hydrogen) atoms. The molecule has 1 atom stereocenters. The van der Waals surface area contributed by atoms with Gasteiger partial charge in [0.2, 0.25) is 5.91 Å². The van der Waals surface area contributed by atoms with E-state index in [1.165, 1.54) is 13.2 Å². The Labute approximate surface area is 117 Å². The van der Waals surface area contributed by atoms with Crippen molar-refractivity contribution in [2.45, 2.75) is 25.3 Å². The van der Waals surface area contributed by atoms with Gasteiger partial charge in [-0.25, -0.2) is 9.48 Å². The number of carbonyl (C=O) groups is 2. The van der Waals surface area contributed by atoms with Gasteiger partial charge in [-0.3, -0.25) is 4.79 Å². The average Bonchev–Trinajstić information content (AvgIpc) is 2.89. The third-order valence-electron chi connectivity index (χ3n) is 3.39. The second-order valence-electron chi connectivity index (χ2n) is 4.65. The number of aromatic nitrogens is 3. The molecule has 1 unspecified atom stereocenters. The summed E-state index contributed by atoms with van der Waals surface area (Å²) >= 11 is 0. The first-order valence-electron chi connectivity index (χ1n) is 6.61. The number of amides is 1. The minimum Gasteiger partial charge on any atom is -0.466 e. The summed E-state index contributed by atoms with van der Waals surface area (Å²) < 4.78 is 6.31. The van der Waals surface area contributed by atoms with Gasteiger partial charge < -0.3 is 9.64 Å². The maximum absolute atomic E-state index is 12.0. The molecule has 1 amide bonds. The third kappa shape index (κ3) is 3.66. The zero-order chi connectivity index (χ0) is 14.4.